The van der Waals surface area contributed by atoms with E-state index < -0.39 is 5.97 Å². The van der Waals surface area contributed by atoms with E-state index in [0.29, 0.717) is 0 Å². The maximum atomic E-state index is 10.6. The topological polar surface area (TPSA) is 63.3 Å². The molecule has 1 fully saturated rings. The number of carboxylic acids is 1. The zero-order chi connectivity index (χ0) is 8.27. The Labute approximate surface area is 78.7 Å². The van der Waals surface area contributed by atoms with E-state index in [-0.39, 0.29) is 24.4 Å². The normalized spacial score (nSPS) is 30.1. The summed E-state index contributed by atoms with van der Waals surface area (Å²) in [6, 6.07) is -0.116. The molecule has 0 spiro atoms. The van der Waals surface area contributed by atoms with Crippen LogP contribution in [0.4, 0.5) is 0 Å². The minimum absolute atomic E-state index is 0. The second kappa shape index (κ2) is 5.38. The summed E-state index contributed by atoms with van der Waals surface area (Å²) in [7, 11) is 0. The zero-order valence-electron chi connectivity index (χ0n) is 7.03. The van der Waals surface area contributed by atoms with Gasteiger partial charge in [-0.2, -0.15) is 0 Å². The highest BCUT2D eigenvalue weighted by atomic mass is 35.5. The van der Waals surface area contributed by atoms with Gasteiger partial charge in [0, 0.05) is 6.04 Å². The van der Waals surface area contributed by atoms with Crippen molar-refractivity contribution in [3.05, 3.63) is 0 Å². The highest BCUT2D eigenvalue weighted by Gasteiger charge is 2.26. The van der Waals surface area contributed by atoms with Crippen LogP contribution in [0.25, 0.3) is 0 Å². The van der Waals surface area contributed by atoms with Crippen LogP contribution in [0.1, 0.15) is 32.1 Å². The average Bonchev–Trinajstić information content (AvgIpc) is 2.13. The molecule has 4 heteroatoms. The number of carboxylic acid groups (broad SMARTS) is 1. The summed E-state index contributed by atoms with van der Waals surface area (Å²) < 4.78 is 0. The standard InChI is InChI=1S/C8H15NO2.ClH/c9-7-5-3-1-2-4-6(7)8(10)11;/h6-7H,1-5,9H2,(H,10,11);1H. The van der Waals surface area contributed by atoms with E-state index in [1.807, 2.05) is 0 Å². The number of nitrogens with two attached hydrogens (primary N) is 1. The lowest BCUT2D eigenvalue weighted by Crippen LogP contribution is -2.34. The van der Waals surface area contributed by atoms with Gasteiger partial charge in [0.15, 0.2) is 0 Å². The summed E-state index contributed by atoms with van der Waals surface area (Å²) in [5, 5.41) is 8.75. The van der Waals surface area contributed by atoms with Crippen molar-refractivity contribution in [2.24, 2.45) is 11.7 Å². The van der Waals surface area contributed by atoms with Crippen LogP contribution in [0.5, 0.6) is 0 Å². The molecular weight excluding hydrogens is 178 g/mol. The number of carbonyl (C=O) groups is 1. The number of aliphatic carboxylic acids is 1. The van der Waals surface area contributed by atoms with Crippen LogP contribution in [-0.2, 0) is 4.79 Å². The Bertz CT molecular complexity index is 152. The lowest BCUT2D eigenvalue weighted by Gasteiger charge is -2.15. The SMILES string of the molecule is Cl.NC1CCCCCC1C(=O)O. The molecule has 2 atom stereocenters. The van der Waals surface area contributed by atoms with Gasteiger partial charge in [-0.3, -0.25) is 4.79 Å². The van der Waals surface area contributed by atoms with Crippen LogP contribution in [0.15, 0.2) is 0 Å². The van der Waals surface area contributed by atoms with Gasteiger partial charge in [-0.05, 0) is 12.8 Å². The predicted octanol–water partition coefficient (Wildman–Crippen LogP) is 1.40. The van der Waals surface area contributed by atoms with E-state index in [1.54, 1.807) is 0 Å². The van der Waals surface area contributed by atoms with Gasteiger partial charge in [0.05, 0.1) is 5.92 Å². The van der Waals surface area contributed by atoms with Gasteiger partial charge < -0.3 is 10.8 Å². The third-order valence-corrected chi connectivity index (χ3v) is 2.39. The Balaban J connectivity index is 0.00000121. The number of halogens is 1. The van der Waals surface area contributed by atoms with Crippen LogP contribution in [0.2, 0.25) is 0 Å². The maximum absolute atomic E-state index is 10.6. The molecule has 3 N–H and O–H groups in total. The van der Waals surface area contributed by atoms with Crippen molar-refractivity contribution in [1.82, 2.24) is 0 Å². The molecule has 0 aromatic rings. The molecular formula is C8H16ClNO2. The Morgan fingerprint density at radius 1 is 1.25 bits per heavy atom. The van der Waals surface area contributed by atoms with Gasteiger partial charge in [0.2, 0.25) is 0 Å². The first kappa shape index (κ1) is 11.7. The quantitative estimate of drug-likeness (QED) is 0.619. The monoisotopic (exact) mass is 193 g/mol. The molecule has 72 valence electrons. The molecule has 1 rings (SSSR count). The summed E-state index contributed by atoms with van der Waals surface area (Å²) >= 11 is 0. The van der Waals surface area contributed by atoms with Gasteiger partial charge >= 0.3 is 5.97 Å². The molecule has 0 aromatic carbocycles. The number of rotatable bonds is 1. The van der Waals surface area contributed by atoms with Crippen LogP contribution >= 0.6 is 12.4 Å². The van der Waals surface area contributed by atoms with Gasteiger partial charge in [-0.15, -0.1) is 12.4 Å². The minimum atomic E-state index is -0.723. The van der Waals surface area contributed by atoms with Crippen LogP contribution in [0, 0.1) is 5.92 Å². The second-order valence-electron chi connectivity index (χ2n) is 3.25. The highest BCUT2D eigenvalue weighted by Crippen LogP contribution is 2.21. The Morgan fingerprint density at radius 3 is 2.42 bits per heavy atom. The minimum Gasteiger partial charge on any atom is -0.481 e. The molecule has 0 saturated heterocycles. The lowest BCUT2D eigenvalue weighted by atomic mass is 9.96. The lowest BCUT2D eigenvalue weighted by molar-refractivity contribution is -0.142. The molecule has 0 heterocycles. The van der Waals surface area contributed by atoms with Gasteiger partial charge in [-0.1, -0.05) is 19.3 Å². The molecule has 0 aliphatic heterocycles. The van der Waals surface area contributed by atoms with Gasteiger partial charge in [-0.25, -0.2) is 0 Å². The van der Waals surface area contributed by atoms with Crippen LogP contribution in [0.3, 0.4) is 0 Å². The largest absolute Gasteiger partial charge is 0.481 e. The molecule has 0 bridgehead atoms. The Hall–Kier alpha value is -0.280. The molecule has 2 unspecified atom stereocenters. The van der Waals surface area contributed by atoms with Crippen molar-refractivity contribution in [2.45, 2.75) is 38.1 Å². The van der Waals surface area contributed by atoms with Gasteiger partial charge in [0.1, 0.15) is 0 Å². The second-order valence-corrected chi connectivity index (χ2v) is 3.25. The summed E-state index contributed by atoms with van der Waals surface area (Å²) in [5.41, 5.74) is 5.70. The Kier molecular flexibility index (Phi) is 5.25. The fraction of sp³-hybridized carbons (Fsp3) is 0.875. The Morgan fingerprint density at radius 2 is 1.83 bits per heavy atom. The van der Waals surface area contributed by atoms with Crippen molar-refractivity contribution < 1.29 is 9.90 Å². The zero-order valence-corrected chi connectivity index (χ0v) is 7.85. The van der Waals surface area contributed by atoms with E-state index in [1.165, 1.54) is 0 Å². The van der Waals surface area contributed by atoms with E-state index in [0.717, 1.165) is 32.1 Å². The molecule has 0 radical (unpaired) electrons. The third-order valence-electron chi connectivity index (χ3n) is 2.39. The van der Waals surface area contributed by atoms with Crippen molar-refractivity contribution in [2.75, 3.05) is 0 Å². The van der Waals surface area contributed by atoms with Crippen molar-refractivity contribution in [3.8, 4) is 0 Å². The fourth-order valence-corrected chi connectivity index (χ4v) is 1.64. The molecule has 1 aliphatic carbocycles. The fourth-order valence-electron chi connectivity index (χ4n) is 1.64. The van der Waals surface area contributed by atoms with E-state index in [2.05, 4.69) is 0 Å². The first-order valence-electron chi connectivity index (χ1n) is 4.20. The number of hydrogen-bond donors (Lipinski definition) is 2. The molecule has 0 aromatic heterocycles. The summed E-state index contributed by atoms with van der Waals surface area (Å²) in [6.07, 6.45) is 4.88. The van der Waals surface area contributed by atoms with E-state index in [4.69, 9.17) is 10.8 Å². The summed E-state index contributed by atoms with van der Waals surface area (Å²) in [5.74, 6) is -1.02. The first-order chi connectivity index (χ1) is 5.22. The van der Waals surface area contributed by atoms with E-state index >= 15 is 0 Å². The molecule has 1 saturated carbocycles. The molecule has 0 amide bonds. The predicted molar refractivity (Wildman–Crippen MR) is 49.4 cm³/mol. The van der Waals surface area contributed by atoms with Crippen molar-refractivity contribution >= 4 is 18.4 Å². The molecule has 3 nitrogen and oxygen atoms in total. The summed E-state index contributed by atoms with van der Waals surface area (Å²) in [6.45, 7) is 0. The van der Waals surface area contributed by atoms with Crippen molar-refractivity contribution in [1.29, 1.82) is 0 Å². The van der Waals surface area contributed by atoms with Crippen molar-refractivity contribution in [3.63, 3.8) is 0 Å². The van der Waals surface area contributed by atoms with Crippen LogP contribution < -0.4 is 5.73 Å². The van der Waals surface area contributed by atoms with Gasteiger partial charge in [0.25, 0.3) is 0 Å². The van der Waals surface area contributed by atoms with Crippen LogP contribution in [-0.4, -0.2) is 17.1 Å². The highest BCUT2D eigenvalue weighted by molar-refractivity contribution is 5.85. The number of hydrogen-bond acceptors (Lipinski definition) is 2. The third kappa shape index (κ3) is 2.99. The summed E-state index contributed by atoms with van der Waals surface area (Å²) in [4.78, 5) is 10.6. The van der Waals surface area contributed by atoms with E-state index in [9.17, 15) is 4.79 Å². The first-order valence-corrected chi connectivity index (χ1v) is 4.20. The smallest absolute Gasteiger partial charge is 0.308 e. The molecule has 1 aliphatic rings. The molecule has 12 heavy (non-hydrogen) atoms. The average molecular weight is 194 g/mol. The maximum Gasteiger partial charge on any atom is 0.308 e.